The van der Waals surface area contributed by atoms with Gasteiger partial charge in [-0.15, -0.1) is 0 Å². The summed E-state index contributed by atoms with van der Waals surface area (Å²) >= 11 is 5.65. The van der Waals surface area contributed by atoms with Crippen molar-refractivity contribution >= 4 is 27.4 Å². The summed E-state index contributed by atoms with van der Waals surface area (Å²) in [6.45, 7) is 0. The van der Waals surface area contributed by atoms with Crippen LogP contribution in [-0.4, -0.2) is 13.3 Å². The average Bonchev–Trinajstić information content (AvgIpc) is 2.46. The first-order valence-electron chi connectivity index (χ1n) is 6.06. The van der Waals surface area contributed by atoms with Crippen molar-refractivity contribution < 1.29 is 30.7 Å². The quantitative estimate of drug-likeness (QED) is 0.453. The molecule has 0 fully saturated rings. The van der Waals surface area contributed by atoms with Crippen molar-refractivity contribution in [2.24, 2.45) is 0 Å². The van der Waals surface area contributed by atoms with Crippen LogP contribution >= 0.6 is 11.6 Å². The first-order chi connectivity index (χ1) is 11.0. The maximum atomic E-state index is 12.7. The maximum Gasteiger partial charge on any atom is 0.416 e. The van der Waals surface area contributed by atoms with Gasteiger partial charge in [0.25, 0.3) is 5.69 Å². The van der Waals surface area contributed by atoms with E-state index in [4.69, 9.17) is 11.6 Å². The highest BCUT2D eigenvalue weighted by Crippen LogP contribution is 2.34. The number of nitro groups is 1. The molecular formula is C13H7ClF3NO5S. The molecule has 0 N–H and O–H groups in total. The fourth-order valence-corrected chi connectivity index (χ4v) is 3.10. The molecule has 2 aromatic rings. The first-order valence-corrected chi connectivity index (χ1v) is 7.85. The summed E-state index contributed by atoms with van der Waals surface area (Å²) in [6.07, 6.45) is -4.76. The van der Waals surface area contributed by atoms with Gasteiger partial charge in [-0.3, -0.25) is 10.1 Å². The molecule has 0 saturated carbocycles. The van der Waals surface area contributed by atoms with Crippen LogP contribution in [0.4, 0.5) is 18.9 Å². The van der Waals surface area contributed by atoms with Crippen LogP contribution in [0.3, 0.4) is 0 Å². The molecule has 128 valence electrons. The van der Waals surface area contributed by atoms with E-state index in [9.17, 15) is 31.7 Å². The standard InChI is InChI=1S/C13H7ClF3NO5S/c14-11-6-1-8(13(15,16)17)7-12(11)24(21,22)23-10-4-2-9(3-5-10)18(19)20/h1-7H. The fraction of sp³-hybridized carbons (Fsp3) is 0.0769. The highest BCUT2D eigenvalue weighted by Gasteiger charge is 2.33. The van der Waals surface area contributed by atoms with Crippen molar-refractivity contribution in [3.05, 3.63) is 63.2 Å². The van der Waals surface area contributed by atoms with E-state index in [1.54, 1.807) is 0 Å². The van der Waals surface area contributed by atoms with Crippen molar-refractivity contribution in [2.75, 3.05) is 0 Å². The molecule has 0 atom stereocenters. The van der Waals surface area contributed by atoms with E-state index in [0.717, 1.165) is 30.3 Å². The van der Waals surface area contributed by atoms with Crippen LogP contribution in [0.15, 0.2) is 47.4 Å². The highest BCUT2D eigenvalue weighted by molar-refractivity contribution is 7.87. The molecule has 0 spiro atoms. The molecule has 11 heteroatoms. The summed E-state index contributed by atoms with van der Waals surface area (Å²) in [7, 11) is -4.66. The van der Waals surface area contributed by atoms with Crippen molar-refractivity contribution in [1.82, 2.24) is 0 Å². The molecule has 0 bridgehead atoms. The molecule has 2 aromatic carbocycles. The zero-order chi connectivity index (χ0) is 18.1. The molecule has 0 aliphatic rings. The Morgan fingerprint density at radius 2 is 1.67 bits per heavy atom. The number of alkyl halides is 3. The lowest BCUT2D eigenvalue weighted by Gasteiger charge is -2.11. The lowest BCUT2D eigenvalue weighted by Crippen LogP contribution is -2.13. The van der Waals surface area contributed by atoms with Crippen LogP contribution < -0.4 is 4.18 Å². The van der Waals surface area contributed by atoms with E-state index in [1.807, 2.05) is 0 Å². The second kappa shape index (κ2) is 6.29. The van der Waals surface area contributed by atoms with Crippen molar-refractivity contribution in [3.8, 4) is 5.75 Å². The molecule has 0 aliphatic heterocycles. The average molecular weight is 382 g/mol. The van der Waals surface area contributed by atoms with Gasteiger partial charge in [-0.2, -0.15) is 21.6 Å². The second-order valence-corrected chi connectivity index (χ2v) is 6.35. The smallest absolute Gasteiger partial charge is 0.379 e. The van der Waals surface area contributed by atoms with E-state index in [2.05, 4.69) is 4.18 Å². The number of halogens is 4. The predicted octanol–water partition coefficient (Wildman–Crippen LogP) is 4.03. The Labute approximate surface area is 138 Å². The number of nitro benzene ring substituents is 1. The Balaban J connectivity index is 2.38. The minimum absolute atomic E-state index is 0.308. The molecule has 6 nitrogen and oxygen atoms in total. The van der Waals surface area contributed by atoms with Crippen LogP contribution in [0.5, 0.6) is 5.75 Å². The lowest BCUT2D eigenvalue weighted by atomic mass is 10.2. The van der Waals surface area contributed by atoms with Gasteiger partial charge in [0.2, 0.25) is 0 Å². The Morgan fingerprint density at radius 3 is 2.17 bits per heavy atom. The number of rotatable bonds is 4. The summed E-state index contributed by atoms with van der Waals surface area (Å²) in [5.41, 5.74) is -1.52. The summed E-state index contributed by atoms with van der Waals surface area (Å²) in [5, 5.41) is 10.1. The van der Waals surface area contributed by atoms with Gasteiger partial charge in [0.15, 0.2) is 0 Å². The molecule has 0 saturated heterocycles. The summed E-state index contributed by atoms with van der Waals surface area (Å²) in [4.78, 5) is 8.95. The van der Waals surface area contributed by atoms with Gasteiger partial charge < -0.3 is 4.18 Å². The van der Waals surface area contributed by atoms with Gasteiger partial charge in [-0.05, 0) is 30.3 Å². The van der Waals surface area contributed by atoms with E-state index >= 15 is 0 Å². The third kappa shape index (κ3) is 3.95. The zero-order valence-electron chi connectivity index (χ0n) is 11.5. The largest absolute Gasteiger partial charge is 0.416 e. The highest BCUT2D eigenvalue weighted by atomic mass is 35.5. The van der Waals surface area contributed by atoms with Crippen molar-refractivity contribution in [2.45, 2.75) is 11.1 Å². The first kappa shape index (κ1) is 18.0. The SMILES string of the molecule is O=[N+]([O-])c1ccc(OS(=O)(=O)c2cc(C(F)(F)F)ccc2Cl)cc1. The molecule has 0 heterocycles. The molecule has 0 amide bonds. The zero-order valence-corrected chi connectivity index (χ0v) is 13.0. The van der Waals surface area contributed by atoms with E-state index in [-0.39, 0.29) is 11.4 Å². The molecule has 2 rings (SSSR count). The monoisotopic (exact) mass is 381 g/mol. The van der Waals surface area contributed by atoms with E-state index in [1.165, 1.54) is 0 Å². The van der Waals surface area contributed by atoms with Gasteiger partial charge in [0.05, 0.1) is 15.5 Å². The number of nitrogens with zero attached hydrogens (tertiary/aromatic N) is 1. The molecule has 0 radical (unpaired) electrons. The maximum absolute atomic E-state index is 12.7. The van der Waals surface area contributed by atoms with Crippen LogP contribution in [-0.2, 0) is 16.3 Å². The summed E-state index contributed by atoms with van der Waals surface area (Å²) < 4.78 is 67.0. The Morgan fingerprint density at radius 1 is 1.08 bits per heavy atom. The van der Waals surface area contributed by atoms with Crippen molar-refractivity contribution in [1.29, 1.82) is 0 Å². The topological polar surface area (TPSA) is 86.5 Å². The Hall–Kier alpha value is -2.33. The predicted molar refractivity (Wildman–Crippen MR) is 77.4 cm³/mol. The minimum atomic E-state index is -4.76. The normalized spacial score (nSPS) is 12.0. The van der Waals surface area contributed by atoms with Gasteiger partial charge in [-0.25, -0.2) is 0 Å². The number of benzene rings is 2. The fourth-order valence-electron chi connectivity index (χ4n) is 1.67. The molecular weight excluding hydrogens is 375 g/mol. The van der Waals surface area contributed by atoms with Gasteiger partial charge in [0.1, 0.15) is 10.6 Å². The van der Waals surface area contributed by atoms with Crippen LogP contribution in [0.2, 0.25) is 5.02 Å². The third-order valence-corrected chi connectivity index (χ3v) is 4.51. The van der Waals surface area contributed by atoms with Gasteiger partial charge >= 0.3 is 16.3 Å². The number of hydrogen-bond donors (Lipinski definition) is 0. The van der Waals surface area contributed by atoms with Gasteiger partial charge in [-0.1, -0.05) is 11.6 Å². The van der Waals surface area contributed by atoms with Crippen molar-refractivity contribution in [3.63, 3.8) is 0 Å². The Bertz CT molecular complexity index is 881. The molecule has 0 aromatic heterocycles. The summed E-state index contributed by atoms with van der Waals surface area (Å²) in [5.74, 6) is -0.311. The molecule has 0 aliphatic carbocycles. The summed E-state index contributed by atoms with van der Waals surface area (Å²) in [6, 6.07) is 5.73. The van der Waals surface area contributed by atoms with E-state index < -0.39 is 36.7 Å². The van der Waals surface area contributed by atoms with Crippen LogP contribution in [0, 0.1) is 10.1 Å². The number of non-ortho nitro benzene ring substituents is 1. The van der Waals surface area contributed by atoms with E-state index in [0.29, 0.717) is 12.1 Å². The Kier molecular flexibility index (Phi) is 4.72. The lowest BCUT2D eigenvalue weighted by molar-refractivity contribution is -0.384. The number of hydrogen-bond acceptors (Lipinski definition) is 5. The second-order valence-electron chi connectivity index (χ2n) is 4.43. The minimum Gasteiger partial charge on any atom is -0.379 e. The van der Waals surface area contributed by atoms with Crippen LogP contribution in [0.1, 0.15) is 5.56 Å². The third-order valence-electron chi connectivity index (χ3n) is 2.78. The van der Waals surface area contributed by atoms with Gasteiger partial charge in [0, 0.05) is 12.1 Å². The molecule has 24 heavy (non-hydrogen) atoms. The van der Waals surface area contributed by atoms with Crippen LogP contribution in [0.25, 0.3) is 0 Å². The molecule has 0 unspecified atom stereocenters.